The quantitative estimate of drug-likeness (QED) is 0.806. The molecule has 0 aliphatic carbocycles. The molecule has 1 aromatic carbocycles. The van der Waals surface area contributed by atoms with Gasteiger partial charge >= 0.3 is 0 Å². The second-order valence-corrected chi connectivity index (χ2v) is 4.70. The van der Waals surface area contributed by atoms with Crippen LogP contribution in [0, 0.1) is 0 Å². The summed E-state index contributed by atoms with van der Waals surface area (Å²) in [7, 11) is 0. The maximum atomic E-state index is 11.5. The minimum atomic E-state index is -0.0938. The number of halogens is 1. The summed E-state index contributed by atoms with van der Waals surface area (Å²) in [6, 6.07) is 9.39. The molecule has 15 heavy (non-hydrogen) atoms. The predicted octanol–water partition coefficient (Wildman–Crippen LogP) is 2.99. The minimum absolute atomic E-state index is 0.0322. The van der Waals surface area contributed by atoms with E-state index in [1.54, 1.807) is 11.8 Å². The Morgan fingerprint density at radius 2 is 2.13 bits per heavy atom. The van der Waals surface area contributed by atoms with E-state index in [0.717, 1.165) is 11.4 Å². The van der Waals surface area contributed by atoms with Gasteiger partial charge in [-0.2, -0.15) is 11.8 Å². The number of thioether (sulfide) groups is 1. The molecule has 0 radical (unpaired) electrons. The number of benzene rings is 1. The zero-order valence-electron chi connectivity index (χ0n) is 8.57. The number of alkyl halides is 1. The Morgan fingerprint density at radius 3 is 2.73 bits per heavy atom. The molecule has 0 fully saturated rings. The maximum Gasteiger partial charge on any atom is 0.225 e. The molecule has 2 nitrogen and oxygen atoms in total. The average Bonchev–Trinajstić information content (AvgIpc) is 2.19. The van der Waals surface area contributed by atoms with Crippen molar-refractivity contribution in [3.63, 3.8) is 0 Å². The van der Waals surface area contributed by atoms with Crippen molar-refractivity contribution in [1.82, 2.24) is 0 Å². The van der Waals surface area contributed by atoms with E-state index in [1.165, 1.54) is 0 Å². The Kier molecular flexibility index (Phi) is 5.58. The maximum absolute atomic E-state index is 11.5. The Bertz CT molecular complexity index is 305. The van der Waals surface area contributed by atoms with Crippen molar-refractivity contribution in [2.75, 3.05) is 17.3 Å². The van der Waals surface area contributed by atoms with Crippen LogP contribution < -0.4 is 5.32 Å². The van der Waals surface area contributed by atoms with Crippen molar-refractivity contribution >= 4 is 35.0 Å². The minimum Gasteiger partial charge on any atom is -0.326 e. The number of carbonyl (C=O) groups is 1. The number of rotatable bonds is 5. The van der Waals surface area contributed by atoms with Crippen LogP contribution in [0.2, 0.25) is 0 Å². The summed E-state index contributed by atoms with van der Waals surface area (Å²) in [6.07, 6.45) is 2.34. The molecule has 1 N–H and O–H groups in total. The van der Waals surface area contributed by atoms with Gasteiger partial charge in [0.05, 0.1) is 5.38 Å². The van der Waals surface area contributed by atoms with E-state index in [-0.39, 0.29) is 11.3 Å². The average molecular weight is 244 g/mol. The molecular formula is C11H14ClNOS. The lowest BCUT2D eigenvalue weighted by atomic mass is 10.3. The molecule has 0 bridgehead atoms. The van der Waals surface area contributed by atoms with E-state index in [0.29, 0.717) is 6.42 Å². The fourth-order valence-electron chi connectivity index (χ4n) is 1.17. The highest BCUT2D eigenvalue weighted by molar-refractivity contribution is 7.98. The van der Waals surface area contributed by atoms with Crippen LogP contribution in [0.5, 0.6) is 0 Å². The number of hydrogen-bond donors (Lipinski definition) is 1. The second kappa shape index (κ2) is 6.75. The zero-order valence-corrected chi connectivity index (χ0v) is 10.1. The van der Waals surface area contributed by atoms with Gasteiger partial charge in [0.15, 0.2) is 0 Å². The third-order valence-electron chi connectivity index (χ3n) is 1.81. The molecule has 0 aliphatic heterocycles. The monoisotopic (exact) mass is 243 g/mol. The molecule has 0 aromatic heterocycles. The van der Waals surface area contributed by atoms with E-state index in [2.05, 4.69) is 5.32 Å². The Hall–Kier alpha value is -0.670. The molecule has 1 amide bonds. The van der Waals surface area contributed by atoms with Crippen LogP contribution in [-0.4, -0.2) is 23.3 Å². The number of para-hydroxylation sites is 1. The first-order valence-electron chi connectivity index (χ1n) is 4.70. The zero-order chi connectivity index (χ0) is 11.1. The summed E-state index contributed by atoms with van der Waals surface area (Å²) in [5, 5.41) is 2.70. The summed E-state index contributed by atoms with van der Waals surface area (Å²) in [4.78, 5) is 11.5. The smallest absolute Gasteiger partial charge is 0.225 e. The van der Waals surface area contributed by atoms with Crippen molar-refractivity contribution < 1.29 is 4.79 Å². The number of anilines is 1. The lowest BCUT2D eigenvalue weighted by Gasteiger charge is -2.08. The number of nitrogens with one attached hydrogen (secondary N) is 1. The van der Waals surface area contributed by atoms with Crippen molar-refractivity contribution in [1.29, 1.82) is 0 Å². The van der Waals surface area contributed by atoms with Crippen LogP contribution in [0.4, 0.5) is 5.69 Å². The standard InChI is InChI=1S/C11H14ClNOS/c1-15-8-9(12)7-11(14)13-10-5-3-2-4-6-10/h2-6,9H,7-8H2,1H3,(H,13,14). The fraction of sp³-hybridized carbons (Fsp3) is 0.364. The fourth-order valence-corrected chi connectivity index (χ4v) is 2.17. The van der Waals surface area contributed by atoms with Crippen LogP contribution in [-0.2, 0) is 4.79 Å². The normalized spacial score (nSPS) is 12.1. The second-order valence-electron chi connectivity index (χ2n) is 3.17. The third kappa shape index (κ3) is 5.09. The lowest BCUT2D eigenvalue weighted by Crippen LogP contribution is -2.17. The predicted molar refractivity (Wildman–Crippen MR) is 67.7 cm³/mol. The highest BCUT2D eigenvalue weighted by Gasteiger charge is 2.10. The van der Waals surface area contributed by atoms with Crippen molar-refractivity contribution in [3.05, 3.63) is 30.3 Å². The van der Waals surface area contributed by atoms with Crippen LogP contribution in [0.3, 0.4) is 0 Å². The summed E-state index contributed by atoms with van der Waals surface area (Å²) < 4.78 is 0. The highest BCUT2D eigenvalue weighted by Crippen LogP contribution is 2.11. The summed E-state index contributed by atoms with van der Waals surface area (Å²) in [5.41, 5.74) is 0.815. The first-order valence-corrected chi connectivity index (χ1v) is 6.53. The summed E-state index contributed by atoms with van der Waals surface area (Å²) in [6.45, 7) is 0. The molecule has 1 unspecified atom stereocenters. The third-order valence-corrected chi connectivity index (χ3v) is 3.04. The SMILES string of the molecule is CSCC(Cl)CC(=O)Nc1ccccc1. The largest absolute Gasteiger partial charge is 0.326 e. The van der Waals surface area contributed by atoms with Gasteiger partial charge in [-0.05, 0) is 18.4 Å². The van der Waals surface area contributed by atoms with Gasteiger partial charge in [-0.25, -0.2) is 0 Å². The molecule has 82 valence electrons. The van der Waals surface area contributed by atoms with E-state index >= 15 is 0 Å². The van der Waals surface area contributed by atoms with Crippen LogP contribution >= 0.6 is 23.4 Å². The van der Waals surface area contributed by atoms with Gasteiger partial charge in [0, 0.05) is 17.9 Å². The summed E-state index contributed by atoms with van der Waals surface area (Å²) in [5.74, 6) is 0.763. The molecule has 4 heteroatoms. The topological polar surface area (TPSA) is 29.1 Å². The Morgan fingerprint density at radius 1 is 1.47 bits per heavy atom. The Balaban J connectivity index is 2.36. The van der Waals surface area contributed by atoms with Crippen LogP contribution in [0.1, 0.15) is 6.42 Å². The molecular weight excluding hydrogens is 230 g/mol. The van der Waals surface area contributed by atoms with Crippen LogP contribution in [0.25, 0.3) is 0 Å². The molecule has 1 atom stereocenters. The number of carbonyl (C=O) groups excluding carboxylic acids is 1. The van der Waals surface area contributed by atoms with Gasteiger partial charge in [0.1, 0.15) is 0 Å². The molecule has 0 saturated carbocycles. The van der Waals surface area contributed by atoms with Crippen molar-refractivity contribution in [2.24, 2.45) is 0 Å². The summed E-state index contributed by atoms with van der Waals surface area (Å²) >= 11 is 7.61. The van der Waals surface area contributed by atoms with E-state index < -0.39 is 0 Å². The van der Waals surface area contributed by atoms with Crippen molar-refractivity contribution in [2.45, 2.75) is 11.8 Å². The molecule has 0 heterocycles. The number of hydrogen-bond acceptors (Lipinski definition) is 2. The molecule has 1 rings (SSSR count). The van der Waals surface area contributed by atoms with Gasteiger partial charge in [-0.15, -0.1) is 11.6 Å². The molecule has 1 aromatic rings. The van der Waals surface area contributed by atoms with E-state index in [4.69, 9.17) is 11.6 Å². The van der Waals surface area contributed by atoms with Crippen molar-refractivity contribution in [3.8, 4) is 0 Å². The molecule has 0 aliphatic rings. The van der Waals surface area contributed by atoms with Gasteiger partial charge < -0.3 is 5.32 Å². The van der Waals surface area contributed by atoms with Crippen LogP contribution in [0.15, 0.2) is 30.3 Å². The first kappa shape index (κ1) is 12.4. The van der Waals surface area contributed by atoms with E-state index in [9.17, 15) is 4.79 Å². The van der Waals surface area contributed by atoms with Gasteiger partial charge in [0.2, 0.25) is 5.91 Å². The molecule has 0 saturated heterocycles. The first-order chi connectivity index (χ1) is 7.22. The lowest BCUT2D eigenvalue weighted by molar-refractivity contribution is -0.116. The van der Waals surface area contributed by atoms with Gasteiger partial charge in [0.25, 0.3) is 0 Å². The Labute approximate surface area is 99.4 Å². The van der Waals surface area contributed by atoms with Gasteiger partial charge in [-0.3, -0.25) is 4.79 Å². The van der Waals surface area contributed by atoms with Gasteiger partial charge in [-0.1, -0.05) is 18.2 Å². The van der Waals surface area contributed by atoms with E-state index in [1.807, 2.05) is 36.6 Å². The number of amides is 1. The molecule has 0 spiro atoms. The highest BCUT2D eigenvalue weighted by atomic mass is 35.5.